The van der Waals surface area contributed by atoms with Crippen molar-refractivity contribution in [1.82, 2.24) is 0 Å². The molecule has 0 bridgehead atoms. The van der Waals surface area contributed by atoms with Gasteiger partial charge < -0.3 is 10.0 Å². The number of hydrogen-bond acceptors (Lipinski definition) is 2. The van der Waals surface area contributed by atoms with Gasteiger partial charge in [-0.15, -0.1) is 0 Å². The predicted molar refractivity (Wildman–Crippen MR) is 63.4 cm³/mol. The number of rotatable bonds is 2. The van der Waals surface area contributed by atoms with Gasteiger partial charge in [-0.05, 0) is 37.0 Å². The van der Waals surface area contributed by atoms with E-state index in [4.69, 9.17) is 16.7 Å². The minimum atomic E-state index is -0.302. The lowest BCUT2D eigenvalue weighted by Gasteiger charge is -2.29. The van der Waals surface area contributed by atoms with Crippen molar-refractivity contribution in [2.75, 3.05) is 18.0 Å². The number of halogens is 2. The van der Waals surface area contributed by atoms with Crippen LogP contribution in [0.4, 0.5) is 10.1 Å². The average molecular weight is 244 g/mol. The van der Waals surface area contributed by atoms with E-state index in [1.807, 2.05) is 4.90 Å². The number of benzene rings is 1. The molecular weight excluding hydrogens is 229 g/mol. The molecule has 1 heterocycles. The van der Waals surface area contributed by atoms with Gasteiger partial charge in [0.25, 0.3) is 0 Å². The normalized spacial score (nSPS) is 16.6. The molecule has 4 heteroatoms. The summed E-state index contributed by atoms with van der Waals surface area (Å²) in [7, 11) is 0. The van der Waals surface area contributed by atoms with Crippen molar-refractivity contribution in [2.45, 2.75) is 25.9 Å². The van der Waals surface area contributed by atoms with Gasteiger partial charge in [0.05, 0.1) is 12.3 Å². The number of aliphatic hydroxyl groups is 1. The highest BCUT2D eigenvalue weighted by molar-refractivity contribution is 6.31. The number of hydrogen-bond donors (Lipinski definition) is 1. The molecule has 1 aliphatic rings. The second-order valence-electron chi connectivity index (χ2n) is 4.10. The van der Waals surface area contributed by atoms with Crippen molar-refractivity contribution in [3.05, 3.63) is 28.5 Å². The van der Waals surface area contributed by atoms with Gasteiger partial charge in [-0.1, -0.05) is 11.6 Å². The van der Waals surface area contributed by atoms with Crippen LogP contribution in [-0.2, 0) is 6.61 Å². The first-order valence-electron chi connectivity index (χ1n) is 5.56. The van der Waals surface area contributed by atoms with Crippen molar-refractivity contribution in [3.8, 4) is 0 Å². The average Bonchev–Trinajstić information content (AvgIpc) is 2.30. The van der Waals surface area contributed by atoms with Crippen molar-refractivity contribution in [2.24, 2.45) is 0 Å². The zero-order chi connectivity index (χ0) is 11.5. The first-order chi connectivity index (χ1) is 7.72. The monoisotopic (exact) mass is 243 g/mol. The van der Waals surface area contributed by atoms with E-state index in [-0.39, 0.29) is 12.4 Å². The molecule has 2 nitrogen and oxygen atoms in total. The summed E-state index contributed by atoms with van der Waals surface area (Å²) in [5.74, 6) is -0.302. The first kappa shape index (κ1) is 11.7. The van der Waals surface area contributed by atoms with E-state index in [0.717, 1.165) is 25.9 Å². The molecule has 1 aliphatic heterocycles. The van der Waals surface area contributed by atoms with E-state index in [1.54, 1.807) is 6.07 Å². The van der Waals surface area contributed by atoms with Crippen LogP contribution in [-0.4, -0.2) is 18.2 Å². The van der Waals surface area contributed by atoms with Crippen LogP contribution in [0, 0.1) is 5.82 Å². The first-order valence-corrected chi connectivity index (χ1v) is 5.94. The lowest BCUT2D eigenvalue weighted by atomic mass is 10.1. The predicted octanol–water partition coefficient (Wildman–Crippen LogP) is 2.96. The Morgan fingerprint density at radius 2 is 1.94 bits per heavy atom. The fourth-order valence-corrected chi connectivity index (χ4v) is 2.29. The van der Waals surface area contributed by atoms with E-state index in [9.17, 15) is 4.39 Å². The summed E-state index contributed by atoms with van der Waals surface area (Å²) < 4.78 is 13.7. The summed E-state index contributed by atoms with van der Waals surface area (Å²) in [4.78, 5) is 2.02. The van der Waals surface area contributed by atoms with Gasteiger partial charge in [0.1, 0.15) is 5.82 Å². The molecule has 0 aliphatic carbocycles. The van der Waals surface area contributed by atoms with Crippen LogP contribution in [0.1, 0.15) is 24.8 Å². The number of aliphatic hydroxyl groups excluding tert-OH is 1. The smallest absolute Gasteiger partial charge is 0.147 e. The van der Waals surface area contributed by atoms with Crippen molar-refractivity contribution in [1.29, 1.82) is 0 Å². The maximum atomic E-state index is 13.7. The molecule has 1 aromatic carbocycles. The van der Waals surface area contributed by atoms with Crippen LogP contribution in [0.2, 0.25) is 5.02 Å². The maximum Gasteiger partial charge on any atom is 0.147 e. The molecule has 88 valence electrons. The molecule has 0 saturated carbocycles. The summed E-state index contributed by atoms with van der Waals surface area (Å²) >= 11 is 5.82. The molecule has 0 aromatic heterocycles. The summed E-state index contributed by atoms with van der Waals surface area (Å²) in [5, 5.41) is 9.40. The topological polar surface area (TPSA) is 23.5 Å². The van der Waals surface area contributed by atoms with E-state index in [1.165, 1.54) is 12.5 Å². The Morgan fingerprint density at radius 3 is 2.56 bits per heavy atom. The SMILES string of the molecule is OCc1cc(N2CCCCC2)c(F)cc1Cl. The quantitative estimate of drug-likeness (QED) is 0.863. The molecule has 0 radical (unpaired) electrons. The van der Waals surface area contributed by atoms with Gasteiger partial charge in [-0.25, -0.2) is 4.39 Å². The van der Waals surface area contributed by atoms with Gasteiger partial charge in [0.15, 0.2) is 0 Å². The zero-order valence-electron chi connectivity index (χ0n) is 9.05. The maximum absolute atomic E-state index is 13.7. The molecule has 1 saturated heterocycles. The lowest BCUT2D eigenvalue weighted by Crippen LogP contribution is -2.30. The molecule has 16 heavy (non-hydrogen) atoms. The fourth-order valence-electron chi connectivity index (χ4n) is 2.08. The van der Waals surface area contributed by atoms with E-state index in [0.29, 0.717) is 16.3 Å². The van der Waals surface area contributed by atoms with Gasteiger partial charge in [0.2, 0.25) is 0 Å². The molecule has 1 N–H and O–H groups in total. The molecule has 0 atom stereocenters. The molecule has 0 spiro atoms. The summed E-state index contributed by atoms with van der Waals surface area (Å²) in [6.45, 7) is 1.60. The fraction of sp³-hybridized carbons (Fsp3) is 0.500. The van der Waals surface area contributed by atoms with Crippen LogP contribution in [0.15, 0.2) is 12.1 Å². The Hall–Kier alpha value is -0.800. The van der Waals surface area contributed by atoms with Gasteiger partial charge >= 0.3 is 0 Å². The van der Waals surface area contributed by atoms with E-state index in [2.05, 4.69) is 0 Å². The zero-order valence-corrected chi connectivity index (χ0v) is 9.80. The lowest BCUT2D eigenvalue weighted by molar-refractivity contribution is 0.282. The standard InChI is InChI=1S/C12H15ClFNO/c13-10-7-11(14)12(6-9(10)8-16)15-4-2-1-3-5-15/h6-7,16H,1-5,8H2. The number of nitrogens with zero attached hydrogens (tertiary/aromatic N) is 1. The Bertz CT molecular complexity index is 378. The van der Waals surface area contributed by atoms with Crippen LogP contribution in [0.25, 0.3) is 0 Å². The summed E-state index contributed by atoms with van der Waals surface area (Å²) in [5.41, 5.74) is 1.15. The van der Waals surface area contributed by atoms with Gasteiger partial charge in [-0.2, -0.15) is 0 Å². The summed E-state index contributed by atoms with van der Waals surface area (Å²) in [6.07, 6.45) is 3.39. The molecule has 0 unspecified atom stereocenters. The van der Waals surface area contributed by atoms with Crippen LogP contribution >= 0.6 is 11.6 Å². The number of anilines is 1. The van der Waals surface area contributed by atoms with Crippen molar-refractivity contribution >= 4 is 17.3 Å². The van der Waals surface area contributed by atoms with Crippen LogP contribution in [0.5, 0.6) is 0 Å². The molecular formula is C12H15ClFNO. The minimum Gasteiger partial charge on any atom is -0.392 e. The van der Waals surface area contributed by atoms with Crippen molar-refractivity contribution in [3.63, 3.8) is 0 Å². The van der Waals surface area contributed by atoms with Crippen LogP contribution in [0.3, 0.4) is 0 Å². The molecule has 0 amide bonds. The third-order valence-electron chi connectivity index (χ3n) is 2.98. The third-order valence-corrected chi connectivity index (χ3v) is 3.33. The van der Waals surface area contributed by atoms with E-state index >= 15 is 0 Å². The highest BCUT2D eigenvalue weighted by Crippen LogP contribution is 2.28. The molecule has 1 aromatic rings. The highest BCUT2D eigenvalue weighted by Gasteiger charge is 2.16. The minimum absolute atomic E-state index is 0.153. The Balaban J connectivity index is 2.31. The van der Waals surface area contributed by atoms with Crippen LogP contribution < -0.4 is 4.90 Å². The third kappa shape index (κ3) is 2.30. The molecule has 2 rings (SSSR count). The Kier molecular flexibility index (Phi) is 3.66. The largest absolute Gasteiger partial charge is 0.392 e. The summed E-state index contributed by atoms with van der Waals surface area (Å²) in [6, 6.07) is 2.94. The Labute approximate surface area is 99.6 Å². The van der Waals surface area contributed by atoms with Crippen molar-refractivity contribution < 1.29 is 9.50 Å². The second-order valence-corrected chi connectivity index (χ2v) is 4.51. The Morgan fingerprint density at radius 1 is 1.25 bits per heavy atom. The highest BCUT2D eigenvalue weighted by atomic mass is 35.5. The van der Waals surface area contributed by atoms with Gasteiger partial charge in [0, 0.05) is 18.1 Å². The van der Waals surface area contributed by atoms with E-state index < -0.39 is 0 Å². The van der Waals surface area contributed by atoms with Gasteiger partial charge in [-0.3, -0.25) is 0 Å². The second kappa shape index (κ2) is 5.02. The molecule has 1 fully saturated rings. The number of piperidine rings is 1.